The fraction of sp³-hybridized carbons (Fsp3) is 0.588. The number of phenolic OH excluding ortho intramolecular Hbond substituents is 1. The largest absolute Gasteiger partial charge is 0.508 e. The van der Waals surface area contributed by atoms with Crippen molar-refractivity contribution in [3.05, 3.63) is 29.8 Å². The summed E-state index contributed by atoms with van der Waals surface area (Å²) < 4.78 is 5.25. The number of hydrogen-bond acceptors (Lipinski definition) is 5. The number of aromatic hydroxyl groups is 1. The summed E-state index contributed by atoms with van der Waals surface area (Å²) in [6, 6.07) is 6.26. The van der Waals surface area contributed by atoms with Gasteiger partial charge in [0.1, 0.15) is 5.75 Å². The lowest BCUT2D eigenvalue weighted by Gasteiger charge is -2.29. The molecule has 3 N–H and O–H groups in total. The summed E-state index contributed by atoms with van der Waals surface area (Å²) in [6.07, 6.45) is -0.302. The Labute approximate surface area is 137 Å². The third-order valence-electron chi connectivity index (χ3n) is 4.10. The second kappa shape index (κ2) is 8.29. The first-order valence-electron chi connectivity index (χ1n) is 8.06. The number of aliphatic hydroxyl groups is 1. The predicted octanol–water partition coefficient (Wildman–Crippen LogP) is 1.04. The lowest BCUT2D eigenvalue weighted by Crippen LogP contribution is -2.45. The van der Waals surface area contributed by atoms with E-state index in [1.54, 1.807) is 24.3 Å². The fourth-order valence-electron chi connectivity index (χ4n) is 2.76. The van der Waals surface area contributed by atoms with Gasteiger partial charge in [-0.1, -0.05) is 12.1 Å². The molecule has 1 aliphatic rings. The van der Waals surface area contributed by atoms with Gasteiger partial charge >= 0.3 is 0 Å². The van der Waals surface area contributed by atoms with Crippen LogP contribution in [0.3, 0.4) is 0 Å². The maximum atomic E-state index is 12.2. The molecule has 128 valence electrons. The lowest BCUT2D eigenvalue weighted by molar-refractivity contribution is -0.135. The number of ether oxygens (including phenoxy) is 1. The normalized spacial score (nSPS) is 19.2. The van der Waals surface area contributed by atoms with Gasteiger partial charge in [0, 0.05) is 31.6 Å². The van der Waals surface area contributed by atoms with E-state index in [9.17, 15) is 15.0 Å². The molecule has 1 saturated heterocycles. The van der Waals surface area contributed by atoms with Gasteiger partial charge < -0.3 is 25.2 Å². The molecule has 1 fully saturated rings. The molecule has 0 bridgehead atoms. The van der Waals surface area contributed by atoms with Crippen molar-refractivity contribution in [3.8, 4) is 5.75 Å². The fourth-order valence-corrected chi connectivity index (χ4v) is 2.76. The van der Waals surface area contributed by atoms with Crippen molar-refractivity contribution in [1.82, 2.24) is 10.2 Å². The molecule has 2 rings (SSSR count). The van der Waals surface area contributed by atoms with Crippen molar-refractivity contribution < 1.29 is 19.7 Å². The number of nitrogens with zero attached hydrogens (tertiary/aromatic N) is 1. The van der Waals surface area contributed by atoms with Gasteiger partial charge in [-0.2, -0.15) is 0 Å². The minimum absolute atomic E-state index is 0.0351. The molecular weight excluding hydrogens is 296 g/mol. The third-order valence-corrected chi connectivity index (χ3v) is 4.10. The molecule has 0 radical (unpaired) electrons. The SMILES string of the molecule is C[C@@H](CC(=O)N1CCOCC1)N[C@H](C)[C@H](O)c1ccc(O)cc1. The monoisotopic (exact) mass is 322 g/mol. The first-order valence-corrected chi connectivity index (χ1v) is 8.06. The molecule has 1 amide bonds. The summed E-state index contributed by atoms with van der Waals surface area (Å²) in [4.78, 5) is 14.0. The van der Waals surface area contributed by atoms with E-state index >= 15 is 0 Å². The number of carbonyl (C=O) groups is 1. The molecule has 23 heavy (non-hydrogen) atoms. The molecule has 6 heteroatoms. The van der Waals surface area contributed by atoms with Crippen LogP contribution in [0.1, 0.15) is 31.9 Å². The number of nitrogens with one attached hydrogen (secondary N) is 1. The van der Waals surface area contributed by atoms with Crippen LogP contribution < -0.4 is 5.32 Å². The quantitative estimate of drug-likeness (QED) is 0.729. The average molecular weight is 322 g/mol. The summed E-state index contributed by atoms with van der Waals surface area (Å²) in [6.45, 7) is 6.33. The van der Waals surface area contributed by atoms with E-state index in [1.165, 1.54) is 0 Å². The minimum atomic E-state index is -0.698. The van der Waals surface area contributed by atoms with Crippen molar-refractivity contribution in [2.75, 3.05) is 26.3 Å². The van der Waals surface area contributed by atoms with Gasteiger partial charge in [0.05, 0.1) is 19.3 Å². The third kappa shape index (κ3) is 5.20. The number of amides is 1. The Kier molecular flexibility index (Phi) is 6.38. The van der Waals surface area contributed by atoms with Gasteiger partial charge in [0.25, 0.3) is 0 Å². The number of hydrogen-bond donors (Lipinski definition) is 3. The van der Waals surface area contributed by atoms with E-state index < -0.39 is 6.10 Å². The zero-order valence-corrected chi connectivity index (χ0v) is 13.7. The summed E-state index contributed by atoms with van der Waals surface area (Å²) in [5.74, 6) is 0.283. The molecular formula is C17H26N2O4. The summed E-state index contributed by atoms with van der Waals surface area (Å²) in [5, 5.41) is 22.9. The molecule has 1 aliphatic heterocycles. The molecule has 1 heterocycles. The zero-order chi connectivity index (χ0) is 16.8. The Morgan fingerprint density at radius 1 is 1.26 bits per heavy atom. The molecule has 3 atom stereocenters. The highest BCUT2D eigenvalue weighted by atomic mass is 16.5. The van der Waals surface area contributed by atoms with Crippen LogP contribution in [0, 0.1) is 0 Å². The molecule has 1 aromatic carbocycles. The van der Waals surface area contributed by atoms with Crippen LogP contribution >= 0.6 is 0 Å². The van der Waals surface area contributed by atoms with Crippen LogP contribution in [0.25, 0.3) is 0 Å². The maximum absolute atomic E-state index is 12.2. The molecule has 0 aliphatic carbocycles. The predicted molar refractivity (Wildman–Crippen MR) is 87.1 cm³/mol. The first kappa shape index (κ1) is 17.7. The Morgan fingerprint density at radius 2 is 1.87 bits per heavy atom. The maximum Gasteiger partial charge on any atom is 0.224 e. The van der Waals surface area contributed by atoms with Gasteiger partial charge in [-0.3, -0.25) is 4.79 Å². The molecule has 0 spiro atoms. The van der Waals surface area contributed by atoms with Crippen LogP contribution in [0.15, 0.2) is 24.3 Å². The van der Waals surface area contributed by atoms with Gasteiger partial charge in [-0.15, -0.1) is 0 Å². The van der Waals surface area contributed by atoms with E-state index in [1.807, 2.05) is 18.7 Å². The number of benzene rings is 1. The molecule has 0 saturated carbocycles. The Balaban J connectivity index is 1.82. The second-order valence-electron chi connectivity index (χ2n) is 6.09. The molecule has 1 aromatic rings. The van der Waals surface area contributed by atoms with Crippen LogP contribution in [0.4, 0.5) is 0 Å². The zero-order valence-electron chi connectivity index (χ0n) is 13.7. The number of morpholine rings is 1. The minimum Gasteiger partial charge on any atom is -0.508 e. The van der Waals surface area contributed by atoms with E-state index in [0.29, 0.717) is 32.7 Å². The van der Waals surface area contributed by atoms with Gasteiger partial charge in [-0.05, 0) is 31.5 Å². The highest BCUT2D eigenvalue weighted by Gasteiger charge is 2.22. The van der Waals surface area contributed by atoms with E-state index in [-0.39, 0.29) is 23.7 Å². The van der Waals surface area contributed by atoms with Crippen molar-refractivity contribution in [2.24, 2.45) is 0 Å². The van der Waals surface area contributed by atoms with E-state index in [2.05, 4.69) is 5.32 Å². The summed E-state index contributed by atoms with van der Waals surface area (Å²) in [5.41, 5.74) is 0.731. The van der Waals surface area contributed by atoms with Gasteiger partial charge in [-0.25, -0.2) is 0 Å². The number of phenols is 1. The highest BCUT2D eigenvalue weighted by Crippen LogP contribution is 2.20. The molecule has 0 unspecified atom stereocenters. The van der Waals surface area contributed by atoms with Crippen LogP contribution in [-0.2, 0) is 9.53 Å². The van der Waals surface area contributed by atoms with Crippen LogP contribution in [0.5, 0.6) is 5.75 Å². The highest BCUT2D eigenvalue weighted by molar-refractivity contribution is 5.76. The number of rotatable bonds is 6. The van der Waals surface area contributed by atoms with E-state index in [4.69, 9.17) is 4.74 Å². The van der Waals surface area contributed by atoms with Crippen molar-refractivity contribution in [2.45, 2.75) is 38.5 Å². The number of aliphatic hydroxyl groups excluding tert-OH is 1. The summed E-state index contributed by atoms with van der Waals surface area (Å²) in [7, 11) is 0. The first-order chi connectivity index (χ1) is 11.0. The molecule has 6 nitrogen and oxygen atoms in total. The van der Waals surface area contributed by atoms with E-state index in [0.717, 1.165) is 5.56 Å². The standard InChI is InChI=1S/C17H26N2O4/c1-12(11-16(21)19-7-9-23-10-8-19)18-13(2)17(22)14-3-5-15(20)6-4-14/h3-6,12-13,17-18,20,22H,7-11H2,1-2H3/t12-,13+,17-/m0/s1. The smallest absolute Gasteiger partial charge is 0.224 e. The van der Waals surface area contributed by atoms with Crippen LogP contribution in [-0.4, -0.2) is 59.4 Å². The van der Waals surface area contributed by atoms with Crippen LogP contribution in [0.2, 0.25) is 0 Å². The second-order valence-corrected chi connectivity index (χ2v) is 6.09. The number of carbonyl (C=O) groups excluding carboxylic acids is 1. The lowest BCUT2D eigenvalue weighted by atomic mass is 10.0. The Bertz CT molecular complexity index is 500. The molecule has 0 aromatic heterocycles. The van der Waals surface area contributed by atoms with Crippen molar-refractivity contribution >= 4 is 5.91 Å². The van der Waals surface area contributed by atoms with Crippen molar-refractivity contribution in [1.29, 1.82) is 0 Å². The van der Waals surface area contributed by atoms with Gasteiger partial charge in [0.15, 0.2) is 0 Å². The average Bonchev–Trinajstić information content (AvgIpc) is 2.55. The Hall–Kier alpha value is -1.63. The summed E-state index contributed by atoms with van der Waals surface area (Å²) >= 11 is 0. The van der Waals surface area contributed by atoms with Crippen molar-refractivity contribution in [3.63, 3.8) is 0 Å². The van der Waals surface area contributed by atoms with Gasteiger partial charge in [0.2, 0.25) is 5.91 Å². The topological polar surface area (TPSA) is 82.0 Å². The Morgan fingerprint density at radius 3 is 2.48 bits per heavy atom.